The molecule has 1 atom stereocenters. The summed E-state index contributed by atoms with van der Waals surface area (Å²) in [5.41, 5.74) is 1.30. The Morgan fingerprint density at radius 1 is 0.889 bits per heavy atom. The molecule has 142 valence electrons. The van der Waals surface area contributed by atoms with E-state index in [4.69, 9.17) is 9.47 Å². The lowest BCUT2D eigenvalue weighted by atomic mass is 10.1. The van der Waals surface area contributed by atoms with Crippen molar-refractivity contribution >= 4 is 17.8 Å². The molecule has 1 N–H and O–H groups in total. The number of alkyl carbamates (subject to hydrolysis) is 1. The van der Waals surface area contributed by atoms with Crippen molar-refractivity contribution in [2.24, 2.45) is 5.92 Å². The SMILES string of the molecule is CC(C)[C@H](NC(=O)OCc1ccccc1)C(=O)OCC(=O)c1ccccc1. The van der Waals surface area contributed by atoms with Crippen molar-refractivity contribution in [3.8, 4) is 0 Å². The maximum absolute atomic E-state index is 12.3. The Labute approximate surface area is 158 Å². The van der Waals surface area contributed by atoms with Crippen molar-refractivity contribution in [3.63, 3.8) is 0 Å². The van der Waals surface area contributed by atoms with E-state index >= 15 is 0 Å². The van der Waals surface area contributed by atoms with Gasteiger partial charge in [-0.15, -0.1) is 0 Å². The molecule has 2 aromatic carbocycles. The third kappa shape index (κ3) is 6.58. The zero-order valence-electron chi connectivity index (χ0n) is 15.4. The number of carbonyl (C=O) groups excluding carboxylic acids is 3. The summed E-state index contributed by atoms with van der Waals surface area (Å²) >= 11 is 0. The molecule has 6 heteroatoms. The van der Waals surface area contributed by atoms with Crippen molar-refractivity contribution < 1.29 is 23.9 Å². The van der Waals surface area contributed by atoms with Crippen LogP contribution in [0.25, 0.3) is 0 Å². The first kappa shape index (κ1) is 20.2. The highest BCUT2D eigenvalue weighted by molar-refractivity contribution is 5.98. The van der Waals surface area contributed by atoms with Crippen molar-refractivity contribution in [1.82, 2.24) is 5.32 Å². The molecule has 6 nitrogen and oxygen atoms in total. The van der Waals surface area contributed by atoms with Crippen LogP contribution in [0.1, 0.15) is 29.8 Å². The van der Waals surface area contributed by atoms with E-state index in [1.165, 1.54) is 0 Å². The molecule has 0 heterocycles. The summed E-state index contributed by atoms with van der Waals surface area (Å²) in [4.78, 5) is 36.3. The number of ketones is 1. The van der Waals surface area contributed by atoms with Crippen LogP contribution in [0.2, 0.25) is 0 Å². The van der Waals surface area contributed by atoms with Gasteiger partial charge in [0.1, 0.15) is 12.6 Å². The lowest BCUT2D eigenvalue weighted by Gasteiger charge is -2.20. The highest BCUT2D eigenvalue weighted by Crippen LogP contribution is 2.07. The Balaban J connectivity index is 1.85. The van der Waals surface area contributed by atoms with Crippen LogP contribution in [-0.4, -0.2) is 30.5 Å². The summed E-state index contributed by atoms with van der Waals surface area (Å²) < 4.78 is 10.2. The largest absolute Gasteiger partial charge is 0.456 e. The number of carbonyl (C=O) groups is 3. The molecule has 0 fully saturated rings. The normalized spacial score (nSPS) is 11.5. The molecule has 2 aromatic rings. The Hall–Kier alpha value is -3.15. The number of esters is 1. The number of ether oxygens (including phenoxy) is 2. The number of nitrogens with one attached hydrogen (secondary N) is 1. The van der Waals surface area contributed by atoms with Crippen LogP contribution < -0.4 is 5.32 Å². The fourth-order valence-corrected chi connectivity index (χ4v) is 2.32. The van der Waals surface area contributed by atoms with Gasteiger partial charge in [0.25, 0.3) is 0 Å². The molecule has 0 unspecified atom stereocenters. The second-order valence-electron chi connectivity index (χ2n) is 6.32. The molecule has 0 aliphatic carbocycles. The van der Waals surface area contributed by atoms with Gasteiger partial charge in [0, 0.05) is 5.56 Å². The topological polar surface area (TPSA) is 81.7 Å². The lowest BCUT2D eigenvalue weighted by molar-refractivity contribution is -0.146. The van der Waals surface area contributed by atoms with Crippen molar-refractivity contribution in [2.45, 2.75) is 26.5 Å². The van der Waals surface area contributed by atoms with Crippen molar-refractivity contribution in [3.05, 3.63) is 71.8 Å². The van der Waals surface area contributed by atoms with E-state index in [0.717, 1.165) is 5.56 Å². The zero-order chi connectivity index (χ0) is 19.6. The number of hydrogen-bond acceptors (Lipinski definition) is 5. The summed E-state index contributed by atoms with van der Waals surface area (Å²) in [6.45, 7) is 3.25. The molecule has 2 rings (SSSR count). The Morgan fingerprint density at radius 2 is 1.48 bits per heavy atom. The molecule has 0 saturated carbocycles. The van der Waals surface area contributed by atoms with E-state index in [1.807, 2.05) is 30.3 Å². The Morgan fingerprint density at radius 3 is 2.07 bits per heavy atom. The standard InChI is InChI=1S/C21H23NO5/c1-15(2)19(22-21(25)27-13-16-9-5-3-6-10-16)20(24)26-14-18(23)17-11-7-4-8-12-17/h3-12,15,19H,13-14H2,1-2H3,(H,22,25)/t19-/m0/s1. The molecule has 0 aliphatic rings. The average molecular weight is 369 g/mol. The predicted octanol–water partition coefficient (Wildman–Crippen LogP) is 3.36. The fourth-order valence-electron chi connectivity index (χ4n) is 2.32. The van der Waals surface area contributed by atoms with Gasteiger partial charge in [-0.05, 0) is 11.5 Å². The van der Waals surface area contributed by atoms with Crippen LogP contribution in [0.5, 0.6) is 0 Å². The number of rotatable bonds is 8. The van der Waals surface area contributed by atoms with Crippen LogP contribution in [0.15, 0.2) is 60.7 Å². The van der Waals surface area contributed by atoms with Gasteiger partial charge >= 0.3 is 12.1 Å². The second kappa shape index (κ2) is 10.1. The first-order valence-electron chi connectivity index (χ1n) is 8.69. The van der Waals surface area contributed by atoms with E-state index in [0.29, 0.717) is 5.56 Å². The fraction of sp³-hybridized carbons (Fsp3) is 0.286. The number of hydrogen-bond donors (Lipinski definition) is 1. The minimum atomic E-state index is -0.906. The van der Waals surface area contributed by atoms with Gasteiger partial charge < -0.3 is 14.8 Å². The van der Waals surface area contributed by atoms with Gasteiger partial charge in [0.2, 0.25) is 0 Å². The summed E-state index contributed by atoms with van der Waals surface area (Å²) in [5, 5.41) is 2.50. The highest BCUT2D eigenvalue weighted by atomic mass is 16.6. The summed E-state index contributed by atoms with van der Waals surface area (Å²) in [7, 11) is 0. The second-order valence-corrected chi connectivity index (χ2v) is 6.32. The molecule has 0 radical (unpaired) electrons. The number of Topliss-reactive ketones (excluding diaryl/α,β-unsaturated/α-hetero) is 1. The van der Waals surface area contributed by atoms with E-state index in [9.17, 15) is 14.4 Å². The van der Waals surface area contributed by atoms with Crippen molar-refractivity contribution in [1.29, 1.82) is 0 Å². The predicted molar refractivity (Wildman–Crippen MR) is 100 cm³/mol. The molecule has 0 saturated heterocycles. The van der Waals surface area contributed by atoms with Gasteiger partial charge in [0.05, 0.1) is 0 Å². The van der Waals surface area contributed by atoms with E-state index in [1.54, 1.807) is 44.2 Å². The summed E-state index contributed by atoms with van der Waals surface area (Å²) in [6, 6.07) is 16.9. The number of benzene rings is 2. The van der Waals surface area contributed by atoms with Crippen molar-refractivity contribution in [2.75, 3.05) is 6.61 Å². The molecule has 1 amide bonds. The van der Waals surface area contributed by atoms with Crippen LogP contribution >= 0.6 is 0 Å². The highest BCUT2D eigenvalue weighted by Gasteiger charge is 2.27. The third-order valence-corrected chi connectivity index (χ3v) is 3.85. The zero-order valence-corrected chi connectivity index (χ0v) is 15.4. The number of amides is 1. The first-order chi connectivity index (χ1) is 13.0. The molecule has 0 spiro atoms. The van der Waals surface area contributed by atoms with E-state index < -0.39 is 18.1 Å². The maximum Gasteiger partial charge on any atom is 0.408 e. The summed E-state index contributed by atoms with van der Waals surface area (Å²) in [5.74, 6) is -1.21. The van der Waals surface area contributed by atoms with Gasteiger partial charge in [-0.25, -0.2) is 9.59 Å². The average Bonchev–Trinajstić information content (AvgIpc) is 2.69. The first-order valence-corrected chi connectivity index (χ1v) is 8.69. The Kier molecular flexibility index (Phi) is 7.55. The van der Waals surface area contributed by atoms with E-state index in [2.05, 4.69) is 5.32 Å². The molecular weight excluding hydrogens is 346 g/mol. The van der Waals surface area contributed by atoms with Crippen LogP contribution in [0, 0.1) is 5.92 Å². The summed E-state index contributed by atoms with van der Waals surface area (Å²) in [6.07, 6.45) is -0.719. The minimum Gasteiger partial charge on any atom is -0.456 e. The quantitative estimate of drug-likeness (QED) is 0.570. The molecular formula is C21H23NO5. The monoisotopic (exact) mass is 369 g/mol. The van der Waals surface area contributed by atoms with Crippen LogP contribution in [0.3, 0.4) is 0 Å². The van der Waals surface area contributed by atoms with Gasteiger partial charge in [0.15, 0.2) is 12.4 Å². The molecule has 0 aromatic heterocycles. The van der Waals surface area contributed by atoms with E-state index in [-0.39, 0.29) is 24.9 Å². The van der Waals surface area contributed by atoms with Gasteiger partial charge in [-0.2, -0.15) is 0 Å². The van der Waals surface area contributed by atoms with Crippen LogP contribution in [-0.2, 0) is 20.9 Å². The molecule has 0 aliphatic heterocycles. The molecule has 0 bridgehead atoms. The Bertz CT molecular complexity index is 759. The smallest absolute Gasteiger partial charge is 0.408 e. The van der Waals surface area contributed by atoms with Crippen LogP contribution in [0.4, 0.5) is 4.79 Å². The third-order valence-electron chi connectivity index (χ3n) is 3.85. The maximum atomic E-state index is 12.3. The molecule has 27 heavy (non-hydrogen) atoms. The minimum absolute atomic E-state index is 0.0963. The van der Waals surface area contributed by atoms with Gasteiger partial charge in [-0.3, -0.25) is 4.79 Å². The lowest BCUT2D eigenvalue weighted by Crippen LogP contribution is -2.45. The van der Waals surface area contributed by atoms with Gasteiger partial charge in [-0.1, -0.05) is 74.5 Å².